The van der Waals surface area contributed by atoms with Crippen LogP contribution < -0.4 is 16.4 Å². The van der Waals surface area contributed by atoms with Crippen LogP contribution in [-0.2, 0) is 6.18 Å². The Balaban J connectivity index is 3.19. The molecule has 5 N–H and O–H groups in total. The first kappa shape index (κ1) is 15.1. The van der Waals surface area contributed by atoms with Crippen LogP contribution in [0.3, 0.4) is 0 Å². The van der Waals surface area contributed by atoms with E-state index in [4.69, 9.17) is 22.7 Å². The molecule has 104 valence electrons. The Morgan fingerprint density at radius 2 is 2.00 bits per heavy atom. The van der Waals surface area contributed by atoms with Gasteiger partial charge in [0.15, 0.2) is 5.96 Å². The van der Waals surface area contributed by atoms with Crippen molar-refractivity contribution < 1.29 is 18.0 Å². The predicted molar refractivity (Wildman–Crippen MR) is 65.3 cm³/mol. The van der Waals surface area contributed by atoms with Gasteiger partial charge in [0.1, 0.15) is 0 Å². The van der Waals surface area contributed by atoms with Gasteiger partial charge in [-0.25, -0.2) is 4.79 Å². The van der Waals surface area contributed by atoms with Crippen LogP contribution in [0.5, 0.6) is 0 Å². The van der Waals surface area contributed by atoms with Crippen LogP contribution in [0, 0.1) is 12.3 Å². The van der Waals surface area contributed by atoms with E-state index in [1.807, 2.05) is 10.6 Å². The molecule has 5 nitrogen and oxygen atoms in total. The fourth-order valence-corrected chi connectivity index (χ4v) is 1.67. The second-order valence-corrected chi connectivity index (χ2v) is 4.07. The molecule has 19 heavy (non-hydrogen) atoms. The molecule has 0 aliphatic carbocycles. The minimum Gasteiger partial charge on any atom is -0.370 e. The lowest BCUT2D eigenvalue weighted by Crippen LogP contribution is -2.39. The van der Waals surface area contributed by atoms with E-state index in [2.05, 4.69) is 0 Å². The van der Waals surface area contributed by atoms with Crippen LogP contribution in [0.1, 0.15) is 11.1 Å². The summed E-state index contributed by atoms with van der Waals surface area (Å²) in [5.41, 5.74) is 3.53. The molecule has 0 aliphatic rings. The lowest BCUT2D eigenvalue weighted by molar-refractivity contribution is -0.136. The maximum absolute atomic E-state index is 12.8. The van der Waals surface area contributed by atoms with Gasteiger partial charge < -0.3 is 11.1 Å². The van der Waals surface area contributed by atoms with Crippen molar-refractivity contribution in [1.29, 1.82) is 5.41 Å². The third-order valence-corrected chi connectivity index (χ3v) is 2.31. The number of guanidine groups is 1. The molecule has 0 unspecified atom stereocenters. The van der Waals surface area contributed by atoms with Gasteiger partial charge >= 0.3 is 12.2 Å². The molecule has 0 spiro atoms. The molecule has 2 amide bonds. The van der Waals surface area contributed by atoms with Crippen LogP contribution >= 0.6 is 11.6 Å². The molecular weight excluding hydrogens is 285 g/mol. The number of rotatable bonds is 1. The molecule has 0 aliphatic heterocycles. The monoisotopic (exact) mass is 294 g/mol. The standard InChI is InChI=1S/C10H10ClF3N4O/c1-4-2-5(11)3-6(10(12,13)14)7(4)17-9(19)18-8(15)16/h2-3H,1H3,(H5,15,16,17,18,19). The zero-order valence-corrected chi connectivity index (χ0v) is 10.4. The smallest absolute Gasteiger partial charge is 0.370 e. The lowest BCUT2D eigenvalue weighted by atomic mass is 10.1. The lowest BCUT2D eigenvalue weighted by Gasteiger charge is -2.16. The zero-order valence-electron chi connectivity index (χ0n) is 9.65. The first-order valence-electron chi connectivity index (χ1n) is 4.90. The SMILES string of the molecule is Cc1cc(Cl)cc(C(F)(F)F)c1NC(=O)NC(=N)N. The van der Waals surface area contributed by atoms with E-state index in [9.17, 15) is 18.0 Å². The first-order chi connectivity index (χ1) is 8.61. The van der Waals surface area contributed by atoms with Crippen LogP contribution in [0.4, 0.5) is 23.7 Å². The Morgan fingerprint density at radius 3 is 2.47 bits per heavy atom. The summed E-state index contributed by atoms with van der Waals surface area (Å²) in [7, 11) is 0. The van der Waals surface area contributed by atoms with Crippen LogP contribution in [0.15, 0.2) is 12.1 Å². The normalized spacial score (nSPS) is 11.0. The molecule has 0 saturated heterocycles. The molecule has 9 heteroatoms. The van der Waals surface area contributed by atoms with E-state index in [0.717, 1.165) is 0 Å². The van der Waals surface area contributed by atoms with Crippen molar-refractivity contribution in [2.24, 2.45) is 5.73 Å². The minimum atomic E-state index is -4.67. The van der Waals surface area contributed by atoms with Crippen molar-refractivity contribution in [3.05, 3.63) is 28.3 Å². The van der Waals surface area contributed by atoms with E-state index < -0.39 is 29.4 Å². The number of hydrogen-bond acceptors (Lipinski definition) is 2. The number of urea groups is 1. The minimum absolute atomic E-state index is 0.0950. The topological polar surface area (TPSA) is 91.0 Å². The van der Waals surface area contributed by atoms with E-state index in [-0.39, 0.29) is 10.6 Å². The highest BCUT2D eigenvalue weighted by Crippen LogP contribution is 2.38. The van der Waals surface area contributed by atoms with Gasteiger partial charge in [-0.2, -0.15) is 13.2 Å². The van der Waals surface area contributed by atoms with Crippen molar-refractivity contribution in [2.45, 2.75) is 13.1 Å². The maximum atomic E-state index is 12.8. The van der Waals surface area contributed by atoms with Crippen LogP contribution in [0.25, 0.3) is 0 Å². The van der Waals surface area contributed by atoms with E-state index in [0.29, 0.717) is 6.07 Å². The highest BCUT2D eigenvalue weighted by molar-refractivity contribution is 6.30. The number of alkyl halides is 3. The Kier molecular flexibility index (Phi) is 4.25. The summed E-state index contributed by atoms with van der Waals surface area (Å²) in [6.07, 6.45) is -4.67. The fourth-order valence-electron chi connectivity index (χ4n) is 1.40. The second kappa shape index (κ2) is 5.35. The number of carbonyl (C=O) groups is 1. The molecule has 0 aromatic heterocycles. The first-order valence-corrected chi connectivity index (χ1v) is 5.28. The molecule has 0 radical (unpaired) electrons. The molecule has 1 aromatic carbocycles. The van der Waals surface area contributed by atoms with Crippen molar-refractivity contribution in [3.63, 3.8) is 0 Å². The largest absolute Gasteiger partial charge is 0.418 e. The number of aryl methyl sites for hydroxylation is 1. The van der Waals surface area contributed by atoms with Gasteiger partial charge in [0.2, 0.25) is 0 Å². The molecule has 0 atom stereocenters. The third kappa shape index (κ3) is 4.02. The summed E-state index contributed by atoms with van der Waals surface area (Å²) in [6.45, 7) is 1.37. The fraction of sp³-hybridized carbons (Fsp3) is 0.200. The zero-order chi connectivity index (χ0) is 14.8. The molecule has 0 bridgehead atoms. The van der Waals surface area contributed by atoms with Gasteiger partial charge in [-0.3, -0.25) is 10.7 Å². The van der Waals surface area contributed by atoms with Gasteiger partial charge in [0, 0.05) is 5.02 Å². The number of hydrogen-bond donors (Lipinski definition) is 4. The number of halogens is 4. The number of nitrogens with two attached hydrogens (primary N) is 1. The summed E-state index contributed by atoms with van der Waals surface area (Å²) in [4.78, 5) is 11.3. The second-order valence-electron chi connectivity index (χ2n) is 3.64. The summed E-state index contributed by atoms with van der Waals surface area (Å²) in [5.74, 6) is -0.683. The predicted octanol–water partition coefficient (Wildman–Crippen LogP) is 2.68. The van der Waals surface area contributed by atoms with Crippen LogP contribution in [-0.4, -0.2) is 12.0 Å². The number of nitrogens with one attached hydrogen (secondary N) is 3. The van der Waals surface area contributed by atoms with E-state index >= 15 is 0 Å². The Labute approximate surface area is 111 Å². The van der Waals surface area contributed by atoms with Gasteiger partial charge in [0.25, 0.3) is 0 Å². The quantitative estimate of drug-likeness (QED) is 0.474. The highest BCUT2D eigenvalue weighted by Gasteiger charge is 2.35. The Morgan fingerprint density at radius 1 is 1.42 bits per heavy atom. The highest BCUT2D eigenvalue weighted by atomic mass is 35.5. The van der Waals surface area contributed by atoms with Crippen LogP contribution in [0.2, 0.25) is 5.02 Å². The summed E-state index contributed by atoms with van der Waals surface area (Å²) < 4.78 is 38.5. The molecule has 0 saturated carbocycles. The van der Waals surface area contributed by atoms with Gasteiger partial charge in [0.05, 0.1) is 11.3 Å². The summed E-state index contributed by atoms with van der Waals surface area (Å²) in [6, 6.07) is 0.946. The molecule has 1 aromatic rings. The summed E-state index contributed by atoms with van der Waals surface area (Å²) in [5, 5.41) is 10.5. The maximum Gasteiger partial charge on any atom is 0.418 e. The van der Waals surface area contributed by atoms with Gasteiger partial charge in [-0.15, -0.1) is 0 Å². The average Bonchev–Trinajstić information content (AvgIpc) is 2.18. The molecule has 1 rings (SSSR count). The van der Waals surface area contributed by atoms with Gasteiger partial charge in [-0.1, -0.05) is 11.6 Å². The number of carbonyl (C=O) groups excluding carboxylic acids is 1. The molecule has 0 heterocycles. The van der Waals surface area contributed by atoms with Crippen molar-refractivity contribution in [1.82, 2.24) is 5.32 Å². The Hall–Kier alpha value is -1.96. The number of amides is 2. The number of benzene rings is 1. The van der Waals surface area contributed by atoms with Crippen molar-refractivity contribution >= 4 is 29.3 Å². The summed E-state index contributed by atoms with van der Waals surface area (Å²) >= 11 is 5.57. The van der Waals surface area contributed by atoms with E-state index in [1.54, 1.807) is 0 Å². The average molecular weight is 295 g/mol. The third-order valence-electron chi connectivity index (χ3n) is 2.09. The van der Waals surface area contributed by atoms with Gasteiger partial charge in [-0.05, 0) is 24.6 Å². The molecular formula is C10H10ClF3N4O. The van der Waals surface area contributed by atoms with E-state index in [1.165, 1.54) is 13.0 Å². The van der Waals surface area contributed by atoms with Crippen molar-refractivity contribution in [2.75, 3.05) is 5.32 Å². The molecule has 0 fully saturated rings. The van der Waals surface area contributed by atoms with Crippen molar-refractivity contribution in [3.8, 4) is 0 Å². The Bertz CT molecular complexity index is 530. The number of anilines is 1.